The van der Waals surface area contributed by atoms with Gasteiger partial charge in [0.1, 0.15) is 6.07 Å². The normalized spacial score (nSPS) is 9.65. The maximum atomic E-state index is 11.4. The molecule has 0 aromatic heterocycles. The fraction of sp³-hybridized carbons (Fsp3) is 0.333. The number of hydrogen-bond acceptors (Lipinski definition) is 4. The van der Waals surface area contributed by atoms with Gasteiger partial charge in [-0.05, 0) is 24.6 Å². The van der Waals surface area contributed by atoms with Gasteiger partial charge in [0.05, 0.1) is 11.3 Å². The zero-order chi connectivity index (χ0) is 12.7. The van der Waals surface area contributed by atoms with Gasteiger partial charge in [0.2, 0.25) is 5.91 Å². The molecule has 0 aliphatic carbocycles. The van der Waals surface area contributed by atoms with E-state index in [2.05, 4.69) is 5.32 Å². The second-order valence-corrected chi connectivity index (χ2v) is 4.55. The molecule has 4 nitrogen and oxygen atoms in total. The molecule has 0 spiro atoms. The largest absolute Gasteiger partial charge is 0.398 e. The number of amides is 1. The van der Waals surface area contributed by atoms with Gasteiger partial charge in [-0.2, -0.15) is 5.26 Å². The van der Waals surface area contributed by atoms with E-state index in [9.17, 15) is 4.79 Å². The molecule has 1 aromatic carbocycles. The van der Waals surface area contributed by atoms with Crippen molar-refractivity contribution in [1.29, 1.82) is 5.26 Å². The van der Waals surface area contributed by atoms with Gasteiger partial charge in [0.15, 0.2) is 0 Å². The van der Waals surface area contributed by atoms with Crippen molar-refractivity contribution in [3.05, 3.63) is 23.8 Å². The Morgan fingerprint density at radius 2 is 2.35 bits per heavy atom. The van der Waals surface area contributed by atoms with Gasteiger partial charge in [0.25, 0.3) is 0 Å². The van der Waals surface area contributed by atoms with Crippen molar-refractivity contribution < 1.29 is 4.79 Å². The van der Waals surface area contributed by atoms with Crippen LogP contribution in [0.4, 0.5) is 5.69 Å². The number of benzene rings is 1. The van der Waals surface area contributed by atoms with Gasteiger partial charge >= 0.3 is 0 Å². The summed E-state index contributed by atoms with van der Waals surface area (Å²) < 4.78 is 0. The Morgan fingerprint density at radius 1 is 1.59 bits per heavy atom. The molecule has 0 saturated carbocycles. The van der Waals surface area contributed by atoms with Crippen LogP contribution in [-0.4, -0.2) is 18.2 Å². The Morgan fingerprint density at radius 3 is 3.00 bits per heavy atom. The third kappa shape index (κ3) is 4.37. The third-order valence-corrected chi connectivity index (χ3v) is 3.08. The average molecular weight is 249 g/mol. The highest BCUT2D eigenvalue weighted by molar-refractivity contribution is 8.00. The molecule has 1 amide bonds. The lowest BCUT2D eigenvalue weighted by atomic mass is 10.2. The van der Waals surface area contributed by atoms with E-state index in [1.54, 1.807) is 12.1 Å². The topological polar surface area (TPSA) is 78.9 Å². The molecule has 0 aliphatic rings. The zero-order valence-corrected chi connectivity index (χ0v) is 10.5. The molecule has 90 valence electrons. The van der Waals surface area contributed by atoms with Crippen LogP contribution in [0.3, 0.4) is 0 Å². The quantitative estimate of drug-likeness (QED) is 0.615. The number of rotatable bonds is 5. The minimum absolute atomic E-state index is 0.00665. The van der Waals surface area contributed by atoms with Crippen LogP contribution in [0.2, 0.25) is 0 Å². The fourth-order valence-corrected chi connectivity index (χ4v) is 1.95. The highest BCUT2D eigenvalue weighted by Gasteiger charge is 2.04. The summed E-state index contributed by atoms with van der Waals surface area (Å²) >= 11 is 1.40. The monoisotopic (exact) mass is 249 g/mol. The van der Waals surface area contributed by atoms with E-state index >= 15 is 0 Å². The minimum atomic E-state index is 0.00665. The summed E-state index contributed by atoms with van der Waals surface area (Å²) in [5, 5.41) is 11.6. The number of anilines is 1. The molecule has 0 fully saturated rings. The van der Waals surface area contributed by atoms with E-state index in [0.717, 1.165) is 11.3 Å². The summed E-state index contributed by atoms with van der Waals surface area (Å²) in [6, 6.07) is 7.22. The van der Waals surface area contributed by atoms with Crippen molar-refractivity contribution in [2.24, 2.45) is 0 Å². The number of nitrogens with one attached hydrogen (secondary N) is 1. The molecule has 1 rings (SSSR count). The molecule has 5 heteroatoms. The Bertz CT molecular complexity index is 440. The summed E-state index contributed by atoms with van der Waals surface area (Å²) in [4.78, 5) is 12.3. The maximum absolute atomic E-state index is 11.4. The van der Waals surface area contributed by atoms with Crippen LogP contribution >= 0.6 is 11.8 Å². The smallest absolute Gasteiger partial charge is 0.230 e. The first kappa shape index (κ1) is 13.4. The molecule has 0 heterocycles. The molecule has 0 unspecified atom stereocenters. The van der Waals surface area contributed by atoms with E-state index in [0.29, 0.717) is 23.5 Å². The number of nitrogen functional groups attached to an aromatic ring is 1. The summed E-state index contributed by atoms with van der Waals surface area (Å²) in [7, 11) is 0. The van der Waals surface area contributed by atoms with Gasteiger partial charge in [-0.15, -0.1) is 11.8 Å². The third-order valence-electron chi connectivity index (χ3n) is 2.09. The molecule has 0 aliphatic heterocycles. The zero-order valence-electron chi connectivity index (χ0n) is 9.69. The Balaban J connectivity index is 2.53. The molecule has 1 aromatic rings. The summed E-state index contributed by atoms with van der Waals surface area (Å²) in [5.74, 6) is 0.363. The van der Waals surface area contributed by atoms with Gasteiger partial charge < -0.3 is 11.1 Å². The number of thioether (sulfide) groups is 1. The van der Waals surface area contributed by atoms with Crippen LogP contribution in [0.1, 0.15) is 18.9 Å². The van der Waals surface area contributed by atoms with Crippen LogP contribution in [0.25, 0.3) is 0 Å². The molecule has 17 heavy (non-hydrogen) atoms. The number of hydrogen-bond donors (Lipinski definition) is 2. The van der Waals surface area contributed by atoms with Gasteiger partial charge in [-0.25, -0.2) is 0 Å². The molecular formula is C12H15N3OS. The molecule has 0 radical (unpaired) electrons. The molecule has 0 bridgehead atoms. The summed E-state index contributed by atoms with van der Waals surface area (Å²) in [6.07, 6.45) is 0.927. The van der Waals surface area contributed by atoms with Crippen molar-refractivity contribution in [3.63, 3.8) is 0 Å². The Kier molecular flexibility index (Phi) is 5.37. The van der Waals surface area contributed by atoms with E-state index < -0.39 is 0 Å². The fourth-order valence-electron chi connectivity index (χ4n) is 1.19. The molecular weight excluding hydrogens is 234 g/mol. The first-order valence-electron chi connectivity index (χ1n) is 5.36. The summed E-state index contributed by atoms with van der Waals surface area (Å²) in [5.41, 5.74) is 6.52. The highest BCUT2D eigenvalue weighted by atomic mass is 32.2. The minimum Gasteiger partial charge on any atom is -0.398 e. The van der Waals surface area contributed by atoms with Crippen molar-refractivity contribution >= 4 is 23.4 Å². The van der Waals surface area contributed by atoms with Crippen molar-refractivity contribution in [2.45, 2.75) is 18.2 Å². The van der Waals surface area contributed by atoms with Gasteiger partial charge in [0, 0.05) is 17.1 Å². The number of nitriles is 1. The van der Waals surface area contributed by atoms with Crippen molar-refractivity contribution in [1.82, 2.24) is 5.32 Å². The standard InChI is InChI=1S/C12H15N3OS/c1-2-5-15-12(16)8-17-10-3-4-11(14)9(6-10)7-13/h3-4,6H,2,5,8,14H2,1H3,(H,15,16). The van der Waals surface area contributed by atoms with Crippen molar-refractivity contribution in [3.8, 4) is 6.07 Å². The van der Waals surface area contributed by atoms with E-state index in [1.807, 2.05) is 19.1 Å². The average Bonchev–Trinajstić information content (AvgIpc) is 2.35. The van der Waals surface area contributed by atoms with E-state index in [1.165, 1.54) is 11.8 Å². The predicted molar refractivity (Wildman–Crippen MR) is 69.6 cm³/mol. The maximum Gasteiger partial charge on any atom is 0.230 e. The van der Waals surface area contributed by atoms with Crippen LogP contribution in [-0.2, 0) is 4.79 Å². The predicted octanol–water partition coefficient (Wildman–Crippen LogP) is 1.76. The lowest BCUT2D eigenvalue weighted by Gasteiger charge is -2.04. The molecule has 3 N–H and O–H groups in total. The van der Waals surface area contributed by atoms with Gasteiger partial charge in [-0.3, -0.25) is 4.79 Å². The number of nitrogens with zero attached hydrogens (tertiary/aromatic N) is 1. The first-order valence-corrected chi connectivity index (χ1v) is 6.35. The Hall–Kier alpha value is -1.67. The molecule has 0 saturated heterocycles. The van der Waals surface area contributed by atoms with Crippen LogP contribution < -0.4 is 11.1 Å². The van der Waals surface area contributed by atoms with Crippen LogP contribution in [0.15, 0.2) is 23.1 Å². The van der Waals surface area contributed by atoms with Gasteiger partial charge in [-0.1, -0.05) is 6.92 Å². The number of carbonyl (C=O) groups is 1. The number of carbonyl (C=O) groups excluding carboxylic acids is 1. The first-order chi connectivity index (χ1) is 8.17. The van der Waals surface area contributed by atoms with Crippen LogP contribution in [0, 0.1) is 11.3 Å². The summed E-state index contributed by atoms with van der Waals surface area (Å²) in [6.45, 7) is 2.71. The van der Waals surface area contributed by atoms with Crippen molar-refractivity contribution in [2.75, 3.05) is 18.0 Å². The highest BCUT2D eigenvalue weighted by Crippen LogP contribution is 2.22. The Labute approximate surface area is 105 Å². The number of nitrogens with two attached hydrogens (primary N) is 1. The van der Waals surface area contributed by atoms with E-state index in [-0.39, 0.29) is 5.91 Å². The van der Waals surface area contributed by atoms with Crippen LogP contribution in [0.5, 0.6) is 0 Å². The second kappa shape index (κ2) is 6.81. The lowest BCUT2D eigenvalue weighted by molar-refractivity contribution is -0.118. The molecule has 0 atom stereocenters. The SMILES string of the molecule is CCCNC(=O)CSc1ccc(N)c(C#N)c1. The van der Waals surface area contributed by atoms with E-state index in [4.69, 9.17) is 11.0 Å². The lowest BCUT2D eigenvalue weighted by Crippen LogP contribution is -2.25. The second-order valence-electron chi connectivity index (χ2n) is 3.50.